The largest absolute Gasteiger partial charge is 0.465 e. The molecular formula is C30H24Cl4N2O7S. The van der Waals surface area contributed by atoms with E-state index in [1.165, 1.54) is 18.4 Å². The van der Waals surface area contributed by atoms with E-state index in [2.05, 4.69) is 12.2 Å². The Kier molecular flexibility index (Phi) is 9.58. The maximum atomic E-state index is 13.5. The highest BCUT2D eigenvalue weighted by Gasteiger charge is 2.47. The topological polar surface area (TPSA) is 119 Å². The van der Waals surface area contributed by atoms with Gasteiger partial charge in [0, 0.05) is 11.3 Å². The van der Waals surface area contributed by atoms with E-state index >= 15 is 0 Å². The van der Waals surface area contributed by atoms with Crippen LogP contribution in [-0.4, -0.2) is 54.3 Å². The van der Waals surface area contributed by atoms with E-state index in [-0.39, 0.29) is 43.2 Å². The second kappa shape index (κ2) is 13.1. The van der Waals surface area contributed by atoms with E-state index in [1.807, 2.05) is 0 Å². The van der Waals surface area contributed by atoms with E-state index in [0.29, 0.717) is 27.8 Å². The number of esters is 2. The minimum Gasteiger partial charge on any atom is -0.465 e. The first kappa shape index (κ1) is 32.2. The smallest absolute Gasteiger partial charge is 0.341 e. The number of benzene rings is 2. The molecule has 5 rings (SSSR count). The van der Waals surface area contributed by atoms with Crippen LogP contribution in [0.3, 0.4) is 0 Å². The van der Waals surface area contributed by atoms with Crippen LogP contribution in [0.2, 0.25) is 20.1 Å². The van der Waals surface area contributed by atoms with Gasteiger partial charge in [0.25, 0.3) is 17.7 Å². The molecule has 14 heteroatoms. The molecule has 3 amide bonds. The number of nitrogens with zero attached hydrogens (tertiary/aromatic N) is 1. The van der Waals surface area contributed by atoms with Gasteiger partial charge in [0.1, 0.15) is 11.0 Å². The first-order chi connectivity index (χ1) is 20.9. The molecule has 3 aromatic rings. The number of hydrogen-bond acceptors (Lipinski definition) is 8. The van der Waals surface area contributed by atoms with Crippen molar-refractivity contribution >= 4 is 92.4 Å². The molecule has 2 aliphatic rings. The lowest BCUT2D eigenvalue weighted by Crippen LogP contribution is -2.47. The molecular weight excluding hydrogens is 674 g/mol. The third kappa shape index (κ3) is 5.93. The van der Waals surface area contributed by atoms with Crippen molar-refractivity contribution in [1.29, 1.82) is 0 Å². The number of rotatable bonds is 8. The average molecular weight is 698 g/mol. The number of ether oxygens (including phenoxy) is 2. The van der Waals surface area contributed by atoms with Crippen molar-refractivity contribution < 1.29 is 33.4 Å². The van der Waals surface area contributed by atoms with Gasteiger partial charge in [-0.05, 0) is 36.3 Å². The van der Waals surface area contributed by atoms with Gasteiger partial charge in [-0.1, -0.05) is 83.7 Å². The molecule has 0 fully saturated rings. The zero-order valence-electron chi connectivity index (χ0n) is 23.3. The summed E-state index contributed by atoms with van der Waals surface area (Å²) in [5.41, 5.74) is 1.17. The Bertz CT molecular complexity index is 1660. The molecule has 230 valence electrons. The first-order valence-corrected chi connectivity index (χ1v) is 15.7. The number of carbonyl (C=O) groups excluding carboxylic acids is 5. The third-order valence-corrected chi connectivity index (χ3v) is 10.5. The highest BCUT2D eigenvalue weighted by molar-refractivity contribution is 7.17. The second-order valence-electron chi connectivity index (χ2n) is 10.4. The minimum absolute atomic E-state index is 0.133. The molecule has 0 unspecified atom stereocenters. The van der Waals surface area contributed by atoms with Crippen molar-refractivity contribution in [3.63, 3.8) is 0 Å². The number of methoxy groups -OCH3 is 1. The van der Waals surface area contributed by atoms with Gasteiger partial charge in [-0.3, -0.25) is 19.3 Å². The van der Waals surface area contributed by atoms with E-state index < -0.39 is 42.3 Å². The molecule has 44 heavy (non-hydrogen) atoms. The fourth-order valence-corrected chi connectivity index (χ4v) is 7.75. The van der Waals surface area contributed by atoms with Gasteiger partial charge in [0.05, 0.1) is 43.9 Å². The van der Waals surface area contributed by atoms with E-state index in [4.69, 9.17) is 55.9 Å². The Morgan fingerprint density at radius 2 is 1.61 bits per heavy atom. The van der Waals surface area contributed by atoms with Crippen LogP contribution in [0.1, 0.15) is 60.4 Å². The summed E-state index contributed by atoms with van der Waals surface area (Å²) >= 11 is 26.1. The maximum Gasteiger partial charge on any atom is 0.341 e. The summed E-state index contributed by atoms with van der Waals surface area (Å²) < 4.78 is 10.3. The molecule has 1 aromatic heterocycles. The van der Waals surface area contributed by atoms with Crippen molar-refractivity contribution in [2.45, 2.75) is 38.6 Å². The number of anilines is 1. The molecule has 9 nitrogen and oxygen atoms in total. The summed E-state index contributed by atoms with van der Waals surface area (Å²) in [6.07, 6.45) is 2.20. The monoisotopic (exact) mass is 696 g/mol. The van der Waals surface area contributed by atoms with E-state index in [0.717, 1.165) is 23.3 Å². The molecule has 1 aliphatic heterocycles. The van der Waals surface area contributed by atoms with E-state index in [9.17, 15) is 24.0 Å². The number of amides is 3. The van der Waals surface area contributed by atoms with Crippen molar-refractivity contribution in [3.8, 4) is 0 Å². The quantitative estimate of drug-likeness (QED) is 0.121. The molecule has 1 N–H and O–H groups in total. The molecule has 0 bridgehead atoms. The van der Waals surface area contributed by atoms with Gasteiger partial charge < -0.3 is 14.8 Å². The number of imide groups is 1. The lowest BCUT2D eigenvalue weighted by Gasteiger charge is -2.24. The summed E-state index contributed by atoms with van der Waals surface area (Å²) in [5, 5.41) is 1.98. The summed E-state index contributed by atoms with van der Waals surface area (Å²) in [4.78, 5) is 67.8. The van der Waals surface area contributed by atoms with Crippen LogP contribution in [0.25, 0.3) is 0 Å². The van der Waals surface area contributed by atoms with Crippen molar-refractivity contribution in [2.75, 3.05) is 19.0 Å². The zero-order valence-corrected chi connectivity index (χ0v) is 27.1. The molecule has 0 saturated heterocycles. The van der Waals surface area contributed by atoms with Gasteiger partial charge in [0.15, 0.2) is 6.61 Å². The Morgan fingerprint density at radius 1 is 1.00 bits per heavy atom. The van der Waals surface area contributed by atoms with Crippen LogP contribution >= 0.6 is 57.7 Å². The third-order valence-electron chi connectivity index (χ3n) is 7.49. The second-order valence-corrected chi connectivity index (χ2v) is 13.0. The number of halogens is 4. The Balaban J connectivity index is 1.39. The van der Waals surface area contributed by atoms with Crippen LogP contribution in [0.5, 0.6) is 0 Å². The molecule has 0 saturated carbocycles. The summed E-state index contributed by atoms with van der Waals surface area (Å²) in [5.74, 6) is -3.74. The predicted octanol–water partition coefficient (Wildman–Crippen LogP) is 6.66. The van der Waals surface area contributed by atoms with Crippen LogP contribution < -0.4 is 5.32 Å². The number of carbonyl (C=O) groups is 5. The first-order valence-electron chi connectivity index (χ1n) is 13.4. The minimum atomic E-state index is -1.50. The molecule has 1 aliphatic carbocycles. The van der Waals surface area contributed by atoms with E-state index in [1.54, 1.807) is 30.3 Å². The van der Waals surface area contributed by atoms with Gasteiger partial charge in [-0.2, -0.15) is 0 Å². The molecule has 0 spiro atoms. The van der Waals surface area contributed by atoms with Gasteiger partial charge in [-0.25, -0.2) is 9.59 Å². The fourth-order valence-electron chi connectivity index (χ4n) is 5.32. The predicted molar refractivity (Wildman–Crippen MR) is 167 cm³/mol. The maximum absolute atomic E-state index is 13.5. The lowest BCUT2D eigenvalue weighted by atomic mass is 9.88. The van der Waals surface area contributed by atoms with Gasteiger partial charge in [-0.15, -0.1) is 11.3 Å². The van der Waals surface area contributed by atoms with Crippen molar-refractivity contribution in [3.05, 3.63) is 83.1 Å². The lowest BCUT2D eigenvalue weighted by molar-refractivity contribution is -0.151. The summed E-state index contributed by atoms with van der Waals surface area (Å²) in [6, 6.07) is 7.11. The highest BCUT2D eigenvalue weighted by Crippen LogP contribution is 2.45. The fraction of sp³-hybridized carbons (Fsp3) is 0.300. The Hall–Kier alpha value is -3.15. The highest BCUT2D eigenvalue weighted by atomic mass is 35.5. The van der Waals surface area contributed by atoms with Gasteiger partial charge >= 0.3 is 11.9 Å². The van der Waals surface area contributed by atoms with Crippen LogP contribution in [-0.2, 0) is 38.3 Å². The number of fused-ring (bicyclic) bond motifs is 2. The molecule has 2 aromatic carbocycles. The van der Waals surface area contributed by atoms with Crippen molar-refractivity contribution in [2.24, 2.45) is 5.92 Å². The average Bonchev–Trinajstić information content (AvgIpc) is 3.49. The number of thiophene rings is 1. The van der Waals surface area contributed by atoms with Crippen LogP contribution in [0, 0.1) is 5.92 Å². The number of hydrogen-bond donors (Lipinski definition) is 1. The standard InChI is InChI=1S/C30H24Cl4N2O7S/c1-13-8-9-15-17(10-13)44-26(19(15)30(41)42-2)35-18(37)12-43-29(40)16(11-14-6-4-3-5-7-14)36-27(38)20-21(28(36)39)23(32)25(34)24(33)22(20)31/h3-7,13,16H,8-12H2,1-2H3,(H,35,37)/t13-,16+/m0/s1. The van der Waals surface area contributed by atoms with Crippen molar-refractivity contribution in [1.82, 2.24) is 4.90 Å². The molecule has 0 radical (unpaired) electrons. The normalized spacial score (nSPS) is 16.3. The molecule has 2 atom stereocenters. The number of nitrogens with one attached hydrogen (secondary N) is 1. The van der Waals surface area contributed by atoms with Gasteiger partial charge in [0.2, 0.25) is 0 Å². The Labute approximate surface area is 276 Å². The Morgan fingerprint density at radius 3 is 2.20 bits per heavy atom. The molecule has 2 heterocycles. The van der Waals surface area contributed by atoms with Crippen LogP contribution in [0.4, 0.5) is 5.00 Å². The summed E-state index contributed by atoms with van der Waals surface area (Å²) in [6.45, 7) is 1.36. The van der Waals surface area contributed by atoms with Crippen LogP contribution in [0.15, 0.2) is 30.3 Å². The summed E-state index contributed by atoms with van der Waals surface area (Å²) in [7, 11) is 1.26. The SMILES string of the molecule is COC(=O)c1c(NC(=O)COC(=O)[C@@H](Cc2ccccc2)N2C(=O)c3c(Cl)c(Cl)c(Cl)c(Cl)c3C2=O)sc2c1CC[C@H](C)C2. The zero-order chi connectivity index (χ0) is 31.9.